The summed E-state index contributed by atoms with van der Waals surface area (Å²) >= 11 is 12.5. The highest BCUT2D eigenvalue weighted by Crippen LogP contribution is 2.35. The van der Waals surface area contributed by atoms with E-state index >= 15 is 4.39 Å². The number of anilines is 2. The predicted octanol–water partition coefficient (Wildman–Crippen LogP) is 3.57. The average Bonchev–Trinajstić information content (AvgIpc) is 2.84. The largest absolute Gasteiger partial charge is 0.486 e. The molecule has 0 unspecified atom stereocenters. The topological polar surface area (TPSA) is 102 Å². The first-order valence-corrected chi connectivity index (χ1v) is 12.7. The van der Waals surface area contributed by atoms with E-state index in [-0.39, 0.29) is 5.54 Å². The standard InChI is InChI=1S/C26H27Cl2FN6O/c1-15(23-19(27)11-32-12-20(23)28)36-17-4-5-22(30)18(9-17)24(31)16-8-21(29)25(33-10-16)35-13-26(14-35)6-2-3-7-34-26/h4-5,8-12,15,31,34H,2-3,6-7,13-14,30H2,1H3/p+1/t15-/m1/s1. The van der Waals surface area contributed by atoms with Gasteiger partial charge >= 0.3 is 0 Å². The molecule has 1 spiro atoms. The van der Waals surface area contributed by atoms with Crippen LogP contribution in [0.15, 0.2) is 42.9 Å². The van der Waals surface area contributed by atoms with Gasteiger partial charge in [-0.15, -0.1) is 0 Å². The van der Waals surface area contributed by atoms with Crippen LogP contribution in [0.2, 0.25) is 10.0 Å². The number of nitrogens with zero attached hydrogens (tertiary/aromatic N) is 3. The SMILES string of the molecule is C[C@@H](Oc1ccc(N)c(C(=[NH2+])c2cnc(N3CC4(CCCCN4)C3)c(F)c2)c1)c1c(Cl)cncc1Cl. The highest BCUT2D eigenvalue weighted by Gasteiger charge is 2.44. The van der Waals surface area contributed by atoms with Crippen molar-refractivity contribution in [3.05, 3.63) is 75.4 Å². The van der Waals surface area contributed by atoms with Gasteiger partial charge in [0.2, 0.25) is 5.71 Å². The van der Waals surface area contributed by atoms with Gasteiger partial charge in [-0.3, -0.25) is 10.4 Å². The van der Waals surface area contributed by atoms with Gasteiger partial charge in [-0.1, -0.05) is 29.6 Å². The fraction of sp³-hybridized carbons (Fsp3) is 0.346. The number of ether oxygens (including phenoxy) is 1. The summed E-state index contributed by atoms with van der Waals surface area (Å²) in [4.78, 5) is 10.3. The second kappa shape index (κ2) is 9.84. The second-order valence-electron chi connectivity index (χ2n) is 9.49. The zero-order valence-electron chi connectivity index (χ0n) is 19.9. The number of hydrogen-bond acceptors (Lipinski definition) is 6. The van der Waals surface area contributed by atoms with E-state index in [4.69, 9.17) is 39.1 Å². The van der Waals surface area contributed by atoms with E-state index in [1.807, 2.05) is 11.8 Å². The third-order valence-corrected chi connectivity index (χ3v) is 7.53. The molecule has 2 aromatic heterocycles. The number of pyridine rings is 2. The summed E-state index contributed by atoms with van der Waals surface area (Å²) in [5.74, 6) is 0.437. The molecular formula is C26H28Cl2FN6O+. The Morgan fingerprint density at radius 2 is 1.94 bits per heavy atom. The summed E-state index contributed by atoms with van der Waals surface area (Å²) in [5.41, 5.74) is 8.63. The van der Waals surface area contributed by atoms with Crippen LogP contribution < -0.4 is 26.1 Å². The molecule has 1 atom stereocenters. The Kier molecular flexibility index (Phi) is 6.76. The number of nitrogen functional groups attached to an aromatic ring is 1. The molecule has 0 bridgehead atoms. The molecule has 2 aliphatic heterocycles. The van der Waals surface area contributed by atoms with Gasteiger partial charge < -0.3 is 20.7 Å². The van der Waals surface area contributed by atoms with Gasteiger partial charge in [-0.2, -0.15) is 0 Å². The van der Waals surface area contributed by atoms with Crippen LogP contribution in [0.3, 0.4) is 0 Å². The lowest BCUT2D eigenvalue weighted by atomic mass is 9.82. The predicted molar refractivity (Wildman–Crippen MR) is 140 cm³/mol. The summed E-state index contributed by atoms with van der Waals surface area (Å²) in [7, 11) is 0. The first-order chi connectivity index (χ1) is 17.3. The molecule has 0 amide bonds. The van der Waals surface area contributed by atoms with E-state index in [9.17, 15) is 0 Å². The molecule has 2 saturated heterocycles. The quantitative estimate of drug-likeness (QED) is 0.333. The normalized spacial score (nSPS) is 17.5. The molecular weight excluding hydrogens is 502 g/mol. The van der Waals surface area contributed by atoms with Crippen molar-refractivity contribution in [2.75, 3.05) is 30.3 Å². The molecule has 188 valence electrons. The molecule has 1 aromatic carbocycles. The Hall–Kier alpha value is -2.94. The number of rotatable bonds is 6. The third kappa shape index (κ3) is 4.73. The van der Waals surface area contributed by atoms with Gasteiger partial charge in [0.15, 0.2) is 11.6 Å². The Bertz CT molecular complexity index is 1290. The zero-order chi connectivity index (χ0) is 25.4. The Labute approximate surface area is 219 Å². The van der Waals surface area contributed by atoms with Crippen molar-refractivity contribution in [2.24, 2.45) is 0 Å². The maximum atomic E-state index is 15.1. The minimum atomic E-state index is -0.456. The maximum Gasteiger partial charge on any atom is 0.215 e. The van der Waals surface area contributed by atoms with Crippen molar-refractivity contribution in [2.45, 2.75) is 37.8 Å². The number of halogens is 3. The Balaban J connectivity index is 1.33. The number of nitrogens with one attached hydrogen (secondary N) is 1. The first kappa shape index (κ1) is 24.7. The van der Waals surface area contributed by atoms with Gasteiger partial charge in [0.25, 0.3) is 0 Å². The Morgan fingerprint density at radius 3 is 2.61 bits per heavy atom. The molecule has 4 heterocycles. The maximum absolute atomic E-state index is 15.1. The van der Waals surface area contributed by atoms with Crippen LogP contribution in [0.1, 0.15) is 49.0 Å². The zero-order valence-corrected chi connectivity index (χ0v) is 21.4. The number of hydrogen-bond donors (Lipinski definition) is 3. The Morgan fingerprint density at radius 1 is 1.19 bits per heavy atom. The molecule has 0 aliphatic carbocycles. The smallest absolute Gasteiger partial charge is 0.215 e. The van der Waals surface area contributed by atoms with E-state index in [2.05, 4.69) is 15.3 Å². The van der Waals surface area contributed by atoms with Crippen LogP contribution in [0.5, 0.6) is 5.75 Å². The molecule has 3 aromatic rings. The van der Waals surface area contributed by atoms with E-state index < -0.39 is 11.9 Å². The number of benzene rings is 1. The van der Waals surface area contributed by atoms with E-state index in [0.717, 1.165) is 26.1 Å². The summed E-state index contributed by atoms with van der Waals surface area (Å²) in [6.07, 6.45) is 7.66. The van der Waals surface area contributed by atoms with Gasteiger partial charge in [0.1, 0.15) is 11.9 Å². The molecule has 36 heavy (non-hydrogen) atoms. The molecule has 5 N–H and O–H groups in total. The summed E-state index contributed by atoms with van der Waals surface area (Å²) in [6.45, 7) is 4.35. The molecule has 2 fully saturated rings. The molecule has 0 radical (unpaired) electrons. The minimum Gasteiger partial charge on any atom is -0.486 e. The van der Waals surface area contributed by atoms with Crippen LogP contribution in [0, 0.1) is 5.82 Å². The van der Waals surface area contributed by atoms with E-state index in [0.29, 0.717) is 49.7 Å². The first-order valence-electron chi connectivity index (χ1n) is 11.9. The number of aromatic nitrogens is 2. The lowest BCUT2D eigenvalue weighted by Crippen LogP contribution is -2.71. The van der Waals surface area contributed by atoms with Crippen LogP contribution >= 0.6 is 23.2 Å². The summed E-state index contributed by atoms with van der Waals surface area (Å²) < 4.78 is 21.2. The van der Waals surface area contributed by atoms with Gasteiger partial charge in [0, 0.05) is 42.9 Å². The summed E-state index contributed by atoms with van der Waals surface area (Å²) in [6, 6.07) is 6.54. The average molecular weight is 530 g/mol. The highest BCUT2D eigenvalue weighted by molar-refractivity contribution is 6.35. The van der Waals surface area contributed by atoms with Crippen molar-refractivity contribution in [1.29, 1.82) is 0 Å². The second-order valence-corrected chi connectivity index (χ2v) is 10.3. The molecule has 2 aliphatic rings. The van der Waals surface area contributed by atoms with Gasteiger partial charge in [-0.25, -0.2) is 9.37 Å². The van der Waals surface area contributed by atoms with Crippen LogP contribution in [0.4, 0.5) is 15.9 Å². The van der Waals surface area contributed by atoms with Crippen molar-refractivity contribution in [3.8, 4) is 5.75 Å². The van der Waals surface area contributed by atoms with Gasteiger partial charge in [0.05, 0.1) is 26.7 Å². The molecule has 7 nitrogen and oxygen atoms in total. The lowest BCUT2D eigenvalue weighted by Gasteiger charge is -2.53. The van der Waals surface area contributed by atoms with Crippen LogP contribution in [-0.4, -0.2) is 40.9 Å². The fourth-order valence-corrected chi connectivity index (χ4v) is 5.69. The third-order valence-electron chi connectivity index (χ3n) is 6.93. The van der Waals surface area contributed by atoms with Crippen molar-refractivity contribution >= 4 is 40.4 Å². The minimum absolute atomic E-state index is 0.0902. The van der Waals surface area contributed by atoms with Gasteiger partial charge in [-0.05, 0) is 50.6 Å². The summed E-state index contributed by atoms with van der Waals surface area (Å²) in [5, 5.41) is 10.8. The number of piperidine rings is 1. The van der Waals surface area contributed by atoms with Crippen molar-refractivity contribution < 1.29 is 14.5 Å². The molecule has 0 saturated carbocycles. The van der Waals surface area contributed by atoms with Crippen molar-refractivity contribution in [1.82, 2.24) is 15.3 Å². The number of nitrogens with two attached hydrogens (primary N) is 2. The van der Waals surface area contributed by atoms with Crippen LogP contribution in [0.25, 0.3) is 0 Å². The molecule has 10 heteroatoms. The molecule has 5 rings (SSSR count). The van der Waals surface area contributed by atoms with E-state index in [1.54, 1.807) is 24.4 Å². The fourth-order valence-electron chi connectivity index (χ4n) is 5.02. The lowest BCUT2D eigenvalue weighted by molar-refractivity contribution is -0.111. The van der Waals surface area contributed by atoms with Crippen molar-refractivity contribution in [3.63, 3.8) is 0 Å². The van der Waals surface area contributed by atoms with E-state index in [1.165, 1.54) is 31.3 Å². The highest BCUT2D eigenvalue weighted by atomic mass is 35.5. The monoisotopic (exact) mass is 529 g/mol. The van der Waals surface area contributed by atoms with Crippen LogP contribution in [-0.2, 0) is 0 Å².